The maximum absolute atomic E-state index is 5.38. The lowest BCUT2D eigenvalue weighted by molar-refractivity contribution is 0.0993. The lowest BCUT2D eigenvalue weighted by Crippen LogP contribution is -2.47. The van der Waals surface area contributed by atoms with Crippen molar-refractivity contribution in [2.45, 2.75) is 25.8 Å². The first kappa shape index (κ1) is 15.6. The average Bonchev–Trinajstić information content (AvgIpc) is 2.90. The second-order valence-electron chi connectivity index (χ2n) is 5.59. The number of nitrogens with zero attached hydrogens (tertiary/aromatic N) is 2. The van der Waals surface area contributed by atoms with Gasteiger partial charge in [-0.15, -0.1) is 12.4 Å². The number of aryl methyl sites for hydroxylation is 1. The second-order valence-corrected chi connectivity index (χ2v) is 5.59. The molecule has 112 valence electrons. The number of fused-ring (bicyclic) bond motifs is 1. The number of hydrogen-bond donors (Lipinski definition) is 0. The van der Waals surface area contributed by atoms with Crippen molar-refractivity contribution in [3.63, 3.8) is 0 Å². The summed E-state index contributed by atoms with van der Waals surface area (Å²) in [7, 11) is 1.76. The van der Waals surface area contributed by atoms with Gasteiger partial charge in [0.05, 0.1) is 7.11 Å². The minimum atomic E-state index is 0. The van der Waals surface area contributed by atoms with Crippen LogP contribution in [0.4, 0.5) is 0 Å². The summed E-state index contributed by atoms with van der Waals surface area (Å²) in [5, 5.41) is 0. The molecule has 1 aliphatic carbocycles. The monoisotopic (exact) mass is 296 g/mol. The maximum atomic E-state index is 5.38. The molecule has 1 unspecified atom stereocenters. The van der Waals surface area contributed by atoms with E-state index in [4.69, 9.17) is 4.74 Å². The standard InChI is InChI=1S/C16H24N2O.ClH/c1-3-17-8-10-18(11-9-17)16-7-5-13-4-6-14(19-2)12-15(13)16;/h4,6,12,16H,3,5,7-11H2,1-2H3;1H. The Morgan fingerprint density at radius 3 is 2.60 bits per heavy atom. The van der Waals surface area contributed by atoms with Gasteiger partial charge in [-0.2, -0.15) is 0 Å². The van der Waals surface area contributed by atoms with Crippen LogP contribution in [0.2, 0.25) is 0 Å². The van der Waals surface area contributed by atoms with Gasteiger partial charge in [-0.05, 0) is 42.6 Å². The first-order valence-electron chi connectivity index (χ1n) is 7.45. The van der Waals surface area contributed by atoms with Gasteiger partial charge in [0.1, 0.15) is 5.75 Å². The first-order valence-corrected chi connectivity index (χ1v) is 7.45. The molecule has 2 aliphatic rings. The Morgan fingerprint density at radius 1 is 1.20 bits per heavy atom. The molecule has 1 fully saturated rings. The lowest BCUT2D eigenvalue weighted by atomic mass is 10.1. The molecular formula is C16H25ClN2O. The third-order valence-corrected chi connectivity index (χ3v) is 4.69. The summed E-state index contributed by atoms with van der Waals surface area (Å²) in [6.45, 7) is 8.28. The van der Waals surface area contributed by atoms with Crippen LogP contribution in [0.3, 0.4) is 0 Å². The molecule has 3 nitrogen and oxygen atoms in total. The van der Waals surface area contributed by atoms with Gasteiger partial charge >= 0.3 is 0 Å². The molecule has 1 aromatic rings. The Hall–Kier alpha value is -0.770. The number of hydrogen-bond acceptors (Lipinski definition) is 3. The van der Waals surface area contributed by atoms with Crippen molar-refractivity contribution in [3.05, 3.63) is 29.3 Å². The third-order valence-electron chi connectivity index (χ3n) is 4.69. The van der Waals surface area contributed by atoms with Crippen LogP contribution in [0.15, 0.2) is 18.2 Å². The van der Waals surface area contributed by atoms with Crippen molar-refractivity contribution >= 4 is 12.4 Å². The van der Waals surface area contributed by atoms with Crippen molar-refractivity contribution in [2.24, 2.45) is 0 Å². The highest BCUT2D eigenvalue weighted by molar-refractivity contribution is 5.85. The SMILES string of the molecule is CCN1CCN(C2CCc3ccc(OC)cc32)CC1.Cl. The molecule has 3 rings (SSSR count). The molecule has 1 atom stereocenters. The van der Waals surface area contributed by atoms with Crippen LogP contribution in [0.25, 0.3) is 0 Å². The molecule has 0 radical (unpaired) electrons. The van der Waals surface area contributed by atoms with Crippen molar-refractivity contribution in [1.82, 2.24) is 9.80 Å². The summed E-state index contributed by atoms with van der Waals surface area (Å²) < 4.78 is 5.38. The van der Waals surface area contributed by atoms with Crippen LogP contribution in [-0.4, -0.2) is 49.6 Å². The fourth-order valence-electron chi connectivity index (χ4n) is 3.46. The van der Waals surface area contributed by atoms with Crippen molar-refractivity contribution in [2.75, 3.05) is 39.8 Å². The summed E-state index contributed by atoms with van der Waals surface area (Å²) in [5.41, 5.74) is 3.02. The van der Waals surface area contributed by atoms with Gasteiger partial charge < -0.3 is 9.64 Å². The van der Waals surface area contributed by atoms with Gasteiger partial charge in [0.25, 0.3) is 0 Å². The van der Waals surface area contributed by atoms with Crippen LogP contribution in [-0.2, 0) is 6.42 Å². The normalized spacial score (nSPS) is 23.2. The van der Waals surface area contributed by atoms with Crippen molar-refractivity contribution in [3.8, 4) is 5.75 Å². The molecule has 1 heterocycles. The maximum Gasteiger partial charge on any atom is 0.119 e. The molecule has 0 N–H and O–H groups in total. The quantitative estimate of drug-likeness (QED) is 0.853. The predicted octanol–water partition coefficient (Wildman–Crippen LogP) is 2.74. The third kappa shape index (κ3) is 2.95. The summed E-state index contributed by atoms with van der Waals surface area (Å²) in [5.74, 6) is 0.998. The molecular weight excluding hydrogens is 272 g/mol. The van der Waals surface area contributed by atoms with Gasteiger partial charge in [-0.3, -0.25) is 4.90 Å². The first-order chi connectivity index (χ1) is 9.31. The number of rotatable bonds is 3. The fraction of sp³-hybridized carbons (Fsp3) is 0.625. The summed E-state index contributed by atoms with van der Waals surface area (Å²) >= 11 is 0. The minimum absolute atomic E-state index is 0. The Morgan fingerprint density at radius 2 is 1.95 bits per heavy atom. The number of benzene rings is 1. The van der Waals surface area contributed by atoms with Gasteiger partial charge in [0, 0.05) is 32.2 Å². The Bertz CT molecular complexity index is 444. The van der Waals surface area contributed by atoms with Gasteiger partial charge in [-0.25, -0.2) is 0 Å². The molecule has 1 aromatic carbocycles. The lowest BCUT2D eigenvalue weighted by Gasteiger charge is -2.38. The summed E-state index contributed by atoms with van der Waals surface area (Å²) in [4.78, 5) is 5.20. The molecule has 0 bridgehead atoms. The van der Waals surface area contributed by atoms with E-state index in [1.807, 2.05) is 0 Å². The van der Waals surface area contributed by atoms with Crippen LogP contribution in [0.5, 0.6) is 5.75 Å². The average molecular weight is 297 g/mol. The zero-order valence-corrected chi connectivity index (χ0v) is 13.3. The highest BCUT2D eigenvalue weighted by Gasteiger charge is 2.30. The number of halogens is 1. The largest absolute Gasteiger partial charge is 0.497 e. The fourth-order valence-corrected chi connectivity index (χ4v) is 3.46. The second kappa shape index (κ2) is 6.79. The van der Waals surface area contributed by atoms with Gasteiger partial charge in [0.15, 0.2) is 0 Å². The predicted molar refractivity (Wildman–Crippen MR) is 85.0 cm³/mol. The van der Waals surface area contributed by atoms with E-state index < -0.39 is 0 Å². The van der Waals surface area contributed by atoms with Gasteiger partial charge in [-0.1, -0.05) is 13.0 Å². The topological polar surface area (TPSA) is 15.7 Å². The van der Waals surface area contributed by atoms with E-state index in [0.29, 0.717) is 6.04 Å². The van der Waals surface area contributed by atoms with E-state index in [2.05, 4.69) is 34.9 Å². The molecule has 1 aliphatic heterocycles. The van der Waals surface area contributed by atoms with Crippen LogP contribution >= 0.6 is 12.4 Å². The zero-order valence-electron chi connectivity index (χ0n) is 12.5. The molecule has 1 saturated heterocycles. The number of ether oxygens (including phenoxy) is 1. The zero-order chi connectivity index (χ0) is 13.2. The van der Waals surface area contributed by atoms with E-state index in [1.165, 1.54) is 56.7 Å². The summed E-state index contributed by atoms with van der Waals surface area (Å²) in [6, 6.07) is 7.20. The smallest absolute Gasteiger partial charge is 0.119 e. The highest BCUT2D eigenvalue weighted by Crippen LogP contribution is 2.38. The minimum Gasteiger partial charge on any atom is -0.497 e. The van der Waals surface area contributed by atoms with E-state index in [9.17, 15) is 0 Å². The van der Waals surface area contributed by atoms with Crippen LogP contribution < -0.4 is 4.74 Å². The van der Waals surface area contributed by atoms with E-state index >= 15 is 0 Å². The summed E-state index contributed by atoms with van der Waals surface area (Å²) in [6.07, 6.45) is 2.49. The molecule has 0 aromatic heterocycles. The Kier molecular flexibility index (Phi) is 5.30. The number of likely N-dealkylation sites (N-methyl/N-ethyl adjacent to an activating group) is 1. The molecule has 0 amide bonds. The molecule has 0 spiro atoms. The van der Waals surface area contributed by atoms with Crippen LogP contribution in [0, 0.1) is 0 Å². The molecule has 0 saturated carbocycles. The molecule has 20 heavy (non-hydrogen) atoms. The van der Waals surface area contributed by atoms with Crippen LogP contribution in [0.1, 0.15) is 30.5 Å². The number of piperazine rings is 1. The van der Waals surface area contributed by atoms with E-state index in [0.717, 1.165) is 5.75 Å². The van der Waals surface area contributed by atoms with E-state index in [-0.39, 0.29) is 12.4 Å². The Balaban J connectivity index is 0.00000147. The van der Waals surface area contributed by atoms with Crippen molar-refractivity contribution < 1.29 is 4.74 Å². The molecule has 4 heteroatoms. The highest BCUT2D eigenvalue weighted by atomic mass is 35.5. The van der Waals surface area contributed by atoms with E-state index in [1.54, 1.807) is 7.11 Å². The Labute approximate surface area is 128 Å². The van der Waals surface area contributed by atoms with Gasteiger partial charge in [0.2, 0.25) is 0 Å². The van der Waals surface area contributed by atoms with Crippen molar-refractivity contribution in [1.29, 1.82) is 0 Å². The number of methoxy groups -OCH3 is 1.